The molecule has 0 aromatic heterocycles. The van der Waals surface area contributed by atoms with Crippen LogP contribution in [0.3, 0.4) is 0 Å². The molecule has 0 radical (unpaired) electrons. The summed E-state index contributed by atoms with van der Waals surface area (Å²) in [6.45, 7) is 4.63. The average Bonchev–Trinajstić information content (AvgIpc) is 2.38. The van der Waals surface area contributed by atoms with Crippen molar-refractivity contribution < 1.29 is 5.11 Å². The third-order valence-electron chi connectivity index (χ3n) is 3.66. The van der Waals surface area contributed by atoms with E-state index in [-0.39, 0.29) is 0 Å². The molecule has 0 aliphatic heterocycles. The lowest BCUT2D eigenvalue weighted by atomic mass is 9.95. The molecule has 1 unspecified atom stereocenters. The van der Waals surface area contributed by atoms with Gasteiger partial charge in [-0.15, -0.1) is 0 Å². The lowest BCUT2D eigenvalue weighted by Gasteiger charge is -2.11. The van der Waals surface area contributed by atoms with E-state index in [1.807, 2.05) is 12.1 Å². The molecule has 1 aromatic carbocycles. The SMILES string of the molecule is CCCCCCCC(C)CCc1ccc(O)cc1. The van der Waals surface area contributed by atoms with Crippen LogP contribution in [0.25, 0.3) is 0 Å². The molecular formula is C17H28O. The van der Waals surface area contributed by atoms with Crippen molar-refractivity contribution in [3.05, 3.63) is 29.8 Å². The van der Waals surface area contributed by atoms with Crippen LogP contribution in [0.1, 0.15) is 64.4 Å². The van der Waals surface area contributed by atoms with Crippen LogP contribution in [0.4, 0.5) is 0 Å². The number of benzene rings is 1. The quantitative estimate of drug-likeness (QED) is 0.586. The Morgan fingerprint density at radius 1 is 0.944 bits per heavy atom. The molecule has 0 fully saturated rings. The standard InChI is InChI=1S/C17H28O/c1-3-4-5-6-7-8-15(2)9-10-16-11-13-17(18)14-12-16/h11-15,18H,3-10H2,1-2H3. The molecule has 1 nitrogen and oxygen atoms in total. The molecule has 1 atom stereocenters. The Balaban J connectivity index is 2.09. The van der Waals surface area contributed by atoms with Gasteiger partial charge in [0.05, 0.1) is 0 Å². The van der Waals surface area contributed by atoms with Crippen molar-refractivity contribution in [3.8, 4) is 5.75 Å². The van der Waals surface area contributed by atoms with Gasteiger partial charge in [0.1, 0.15) is 5.75 Å². The van der Waals surface area contributed by atoms with Crippen LogP contribution in [0.2, 0.25) is 0 Å². The van der Waals surface area contributed by atoms with Gasteiger partial charge in [-0.25, -0.2) is 0 Å². The average molecular weight is 248 g/mol. The number of phenolic OH excluding ortho intramolecular Hbond substituents is 1. The van der Waals surface area contributed by atoms with E-state index in [0.717, 1.165) is 12.3 Å². The molecule has 1 aromatic rings. The predicted octanol–water partition coefficient (Wildman–Crippen LogP) is 5.32. The van der Waals surface area contributed by atoms with E-state index in [2.05, 4.69) is 13.8 Å². The van der Waals surface area contributed by atoms with Gasteiger partial charge in [-0.2, -0.15) is 0 Å². The molecule has 0 saturated carbocycles. The Morgan fingerprint density at radius 2 is 1.61 bits per heavy atom. The molecule has 0 heterocycles. The van der Waals surface area contributed by atoms with Crippen LogP contribution in [0, 0.1) is 5.92 Å². The number of aryl methyl sites for hydroxylation is 1. The van der Waals surface area contributed by atoms with Gasteiger partial charge in [0.15, 0.2) is 0 Å². The third kappa shape index (κ3) is 6.68. The highest BCUT2D eigenvalue weighted by molar-refractivity contribution is 5.25. The summed E-state index contributed by atoms with van der Waals surface area (Å²) in [6.07, 6.45) is 10.7. The molecule has 0 amide bonds. The Kier molecular flexibility index (Phi) is 7.55. The van der Waals surface area contributed by atoms with Gasteiger partial charge < -0.3 is 5.11 Å². The number of hydrogen-bond donors (Lipinski definition) is 1. The second-order valence-corrected chi connectivity index (χ2v) is 5.51. The minimum atomic E-state index is 0.364. The zero-order valence-electron chi connectivity index (χ0n) is 12.0. The molecule has 102 valence electrons. The summed E-state index contributed by atoms with van der Waals surface area (Å²) in [6, 6.07) is 7.63. The Bertz CT molecular complexity index is 302. The van der Waals surface area contributed by atoms with Crippen molar-refractivity contribution in [2.45, 2.75) is 65.2 Å². The molecule has 1 N–H and O–H groups in total. The summed E-state index contributed by atoms with van der Waals surface area (Å²) in [5.74, 6) is 1.18. The minimum Gasteiger partial charge on any atom is -0.508 e. The van der Waals surface area contributed by atoms with Crippen LogP contribution in [0.5, 0.6) is 5.75 Å². The molecule has 1 rings (SSSR count). The van der Waals surface area contributed by atoms with Crippen LogP contribution in [0.15, 0.2) is 24.3 Å². The molecule has 0 spiro atoms. The number of rotatable bonds is 9. The summed E-state index contributed by atoms with van der Waals surface area (Å²) < 4.78 is 0. The van der Waals surface area contributed by atoms with Crippen molar-refractivity contribution in [1.82, 2.24) is 0 Å². The van der Waals surface area contributed by atoms with E-state index >= 15 is 0 Å². The minimum absolute atomic E-state index is 0.364. The van der Waals surface area contributed by atoms with Gasteiger partial charge in [0, 0.05) is 0 Å². The highest BCUT2D eigenvalue weighted by atomic mass is 16.3. The van der Waals surface area contributed by atoms with E-state index < -0.39 is 0 Å². The maximum absolute atomic E-state index is 9.22. The summed E-state index contributed by atoms with van der Waals surface area (Å²) in [7, 11) is 0. The van der Waals surface area contributed by atoms with Gasteiger partial charge in [0.25, 0.3) is 0 Å². The predicted molar refractivity (Wildman–Crippen MR) is 79.0 cm³/mol. The maximum Gasteiger partial charge on any atom is 0.115 e. The van der Waals surface area contributed by atoms with Crippen molar-refractivity contribution in [2.24, 2.45) is 5.92 Å². The fraction of sp³-hybridized carbons (Fsp3) is 0.647. The first-order valence-electron chi connectivity index (χ1n) is 7.50. The Hall–Kier alpha value is -0.980. The molecule has 1 heteroatoms. The highest BCUT2D eigenvalue weighted by Crippen LogP contribution is 2.18. The summed E-state index contributed by atoms with van der Waals surface area (Å²) >= 11 is 0. The number of phenols is 1. The van der Waals surface area contributed by atoms with E-state index in [9.17, 15) is 5.11 Å². The fourth-order valence-electron chi connectivity index (χ4n) is 2.32. The zero-order chi connectivity index (χ0) is 13.2. The Labute approximate surface area is 112 Å². The second-order valence-electron chi connectivity index (χ2n) is 5.51. The highest BCUT2D eigenvalue weighted by Gasteiger charge is 2.03. The van der Waals surface area contributed by atoms with Crippen LogP contribution in [-0.4, -0.2) is 5.11 Å². The fourth-order valence-corrected chi connectivity index (χ4v) is 2.32. The normalized spacial score (nSPS) is 12.6. The molecule has 18 heavy (non-hydrogen) atoms. The van der Waals surface area contributed by atoms with E-state index in [1.54, 1.807) is 12.1 Å². The Morgan fingerprint density at radius 3 is 2.28 bits per heavy atom. The van der Waals surface area contributed by atoms with Crippen molar-refractivity contribution in [1.29, 1.82) is 0 Å². The zero-order valence-corrected chi connectivity index (χ0v) is 12.0. The van der Waals surface area contributed by atoms with Crippen molar-refractivity contribution >= 4 is 0 Å². The first-order valence-corrected chi connectivity index (χ1v) is 7.50. The van der Waals surface area contributed by atoms with Gasteiger partial charge in [-0.3, -0.25) is 0 Å². The lowest BCUT2D eigenvalue weighted by Crippen LogP contribution is -1.97. The van der Waals surface area contributed by atoms with Gasteiger partial charge in [0.2, 0.25) is 0 Å². The van der Waals surface area contributed by atoms with Crippen molar-refractivity contribution in [2.75, 3.05) is 0 Å². The number of aromatic hydroxyl groups is 1. The van der Waals surface area contributed by atoms with E-state index in [0.29, 0.717) is 5.75 Å². The largest absolute Gasteiger partial charge is 0.508 e. The first kappa shape index (κ1) is 15.1. The third-order valence-corrected chi connectivity index (χ3v) is 3.66. The topological polar surface area (TPSA) is 20.2 Å². The molecule has 0 bridgehead atoms. The van der Waals surface area contributed by atoms with E-state index in [1.165, 1.54) is 50.5 Å². The summed E-state index contributed by atoms with van der Waals surface area (Å²) in [5, 5.41) is 9.22. The van der Waals surface area contributed by atoms with Crippen LogP contribution in [-0.2, 0) is 6.42 Å². The number of hydrogen-bond acceptors (Lipinski definition) is 1. The first-order chi connectivity index (χ1) is 8.72. The second kappa shape index (κ2) is 9.02. The van der Waals surface area contributed by atoms with Crippen LogP contribution < -0.4 is 0 Å². The van der Waals surface area contributed by atoms with E-state index in [4.69, 9.17) is 0 Å². The van der Waals surface area contributed by atoms with Crippen LogP contribution >= 0.6 is 0 Å². The van der Waals surface area contributed by atoms with Gasteiger partial charge in [-0.05, 0) is 36.5 Å². The van der Waals surface area contributed by atoms with Gasteiger partial charge >= 0.3 is 0 Å². The molecule has 0 saturated heterocycles. The summed E-state index contributed by atoms with van der Waals surface area (Å²) in [4.78, 5) is 0. The maximum atomic E-state index is 9.22. The molecule has 0 aliphatic rings. The smallest absolute Gasteiger partial charge is 0.115 e. The van der Waals surface area contributed by atoms with Gasteiger partial charge in [-0.1, -0.05) is 64.5 Å². The summed E-state index contributed by atoms with van der Waals surface area (Å²) in [5.41, 5.74) is 1.34. The lowest BCUT2D eigenvalue weighted by molar-refractivity contribution is 0.457. The number of unbranched alkanes of at least 4 members (excludes halogenated alkanes) is 4. The molecule has 0 aliphatic carbocycles. The monoisotopic (exact) mass is 248 g/mol. The van der Waals surface area contributed by atoms with Crippen molar-refractivity contribution in [3.63, 3.8) is 0 Å². The molecular weight excluding hydrogens is 220 g/mol.